The van der Waals surface area contributed by atoms with Crippen LogP contribution in [-0.2, 0) is 12.2 Å². The highest BCUT2D eigenvalue weighted by molar-refractivity contribution is 7.98. The smallest absolute Gasteiger partial charge is 0.187 e. The van der Waals surface area contributed by atoms with E-state index in [2.05, 4.69) is 33.5 Å². The van der Waals surface area contributed by atoms with Gasteiger partial charge in [-0.1, -0.05) is 36.0 Å². The molecule has 0 amide bonds. The number of nitriles is 3. The van der Waals surface area contributed by atoms with Crippen LogP contribution in [0.1, 0.15) is 34.4 Å². The maximum Gasteiger partial charge on any atom is 0.187 e. The largest absolute Gasteiger partial charge is 0.396 e. The number of pyridine rings is 1. The van der Waals surface area contributed by atoms with Crippen LogP contribution in [0.15, 0.2) is 58.9 Å². The standard InChI is InChI=1S/C27H21N7OS2/c28-12-18-5-9-20(10-6-18)32-27-33-21(16-37-27)15-36-26-23(14-30)24(22(13-29)25(31)34-26)19-7-3-17(4-8-19)2-1-11-35/h3-10,16,35H,1-2,11,15H2,(H2,31,34)(H,32,33). The third kappa shape index (κ3) is 6.06. The predicted molar refractivity (Wildman–Crippen MR) is 145 cm³/mol. The summed E-state index contributed by atoms with van der Waals surface area (Å²) in [6.45, 7) is 0.117. The Kier molecular flexibility index (Phi) is 8.35. The van der Waals surface area contributed by atoms with Crippen LogP contribution in [0.4, 0.5) is 16.6 Å². The molecule has 4 rings (SSSR count). The summed E-state index contributed by atoms with van der Waals surface area (Å²) < 4.78 is 0. The lowest BCUT2D eigenvalue weighted by molar-refractivity contribution is 0.288. The Labute approximate surface area is 222 Å². The zero-order valence-electron chi connectivity index (χ0n) is 19.6. The number of nitrogens with zero attached hydrogens (tertiary/aromatic N) is 5. The van der Waals surface area contributed by atoms with Crippen molar-refractivity contribution in [3.05, 3.63) is 81.9 Å². The van der Waals surface area contributed by atoms with Gasteiger partial charge in [0.15, 0.2) is 5.13 Å². The Morgan fingerprint density at radius 1 is 0.946 bits per heavy atom. The van der Waals surface area contributed by atoms with Crippen molar-refractivity contribution in [1.82, 2.24) is 9.97 Å². The highest BCUT2D eigenvalue weighted by Gasteiger charge is 2.21. The predicted octanol–water partition coefficient (Wildman–Crippen LogP) is 5.36. The third-order valence-electron chi connectivity index (χ3n) is 5.46. The van der Waals surface area contributed by atoms with Crippen LogP contribution >= 0.6 is 23.1 Å². The molecule has 4 aromatic rings. The number of nitrogens with one attached hydrogen (secondary N) is 1. The lowest BCUT2D eigenvalue weighted by Crippen LogP contribution is -2.03. The Bertz CT molecular complexity index is 1530. The first-order valence-electron chi connectivity index (χ1n) is 11.2. The molecule has 0 saturated heterocycles. The van der Waals surface area contributed by atoms with Crippen LogP contribution in [0.25, 0.3) is 11.1 Å². The number of nitrogens with two attached hydrogens (primary N) is 1. The first kappa shape index (κ1) is 25.7. The molecule has 10 heteroatoms. The van der Waals surface area contributed by atoms with E-state index in [0.29, 0.717) is 44.6 Å². The Hall–Kier alpha value is -4.40. The Balaban J connectivity index is 1.56. The lowest BCUT2D eigenvalue weighted by atomic mass is 9.95. The van der Waals surface area contributed by atoms with Gasteiger partial charge in [0.1, 0.15) is 28.5 Å². The van der Waals surface area contributed by atoms with Gasteiger partial charge in [-0.2, -0.15) is 15.8 Å². The van der Waals surface area contributed by atoms with Crippen molar-refractivity contribution in [1.29, 1.82) is 15.8 Å². The van der Waals surface area contributed by atoms with Gasteiger partial charge < -0.3 is 16.2 Å². The molecule has 2 aromatic heterocycles. The summed E-state index contributed by atoms with van der Waals surface area (Å²) in [6, 6.07) is 21.1. The average Bonchev–Trinajstić information content (AvgIpc) is 3.38. The van der Waals surface area contributed by atoms with Crippen molar-refractivity contribution in [3.8, 4) is 29.3 Å². The number of aryl methyl sites for hydroxylation is 1. The van der Waals surface area contributed by atoms with Crippen LogP contribution in [0.2, 0.25) is 0 Å². The van der Waals surface area contributed by atoms with Crippen LogP contribution in [-0.4, -0.2) is 21.7 Å². The molecule has 2 heterocycles. The highest BCUT2D eigenvalue weighted by Crippen LogP contribution is 2.37. The second-order valence-electron chi connectivity index (χ2n) is 7.92. The summed E-state index contributed by atoms with van der Waals surface area (Å²) in [4.78, 5) is 8.97. The fourth-order valence-electron chi connectivity index (χ4n) is 3.64. The van der Waals surface area contributed by atoms with Crippen LogP contribution in [0.3, 0.4) is 0 Å². The minimum Gasteiger partial charge on any atom is -0.396 e. The number of thioether (sulfide) groups is 1. The fourth-order valence-corrected chi connectivity index (χ4v) is 5.36. The van der Waals surface area contributed by atoms with Gasteiger partial charge in [0, 0.05) is 29.0 Å². The van der Waals surface area contributed by atoms with Gasteiger partial charge in [-0.15, -0.1) is 11.3 Å². The average molecular weight is 524 g/mol. The lowest BCUT2D eigenvalue weighted by Gasteiger charge is -2.13. The van der Waals surface area contributed by atoms with Crippen molar-refractivity contribution in [2.45, 2.75) is 23.6 Å². The van der Waals surface area contributed by atoms with E-state index in [1.807, 2.05) is 41.8 Å². The first-order chi connectivity index (χ1) is 18.1. The number of rotatable bonds is 9. The van der Waals surface area contributed by atoms with E-state index in [1.165, 1.54) is 23.1 Å². The van der Waals surface area contributed by atoms with E-state index < -0.39 is 0 Å². The SMILES string of the molecule is N#Cc1ccc(Nc2nc(CSc3nc(N)c(C#N)c(-c4ccc(CCCO)cc4)c3C#N)cs2)cc1. The second kappa shape index (κ2) is 12.0. The third-order valence-corrected chi connectivity index (χ3v) is 7.27. The molecule has 2 aromatic carbocycles. The normalized spacial score (nSPS) is 10.3. The number of hydrogen-bond donors (Lipinski definition) is 3. The molecule has 8 nitrogen and oxygen atoms in total. The van der Waals surface area contributed by atoms with Crippen LogP contribution < -0.4 is 11.1 Å². The van der Waals surface area contributed by atoms with E-state index >= 15 is 0 Å². The van der Waals surface area contributed by atoms with E-state index in [4.69, 9.17) is 16.1 Å². The number of hydrogen-bond acceptors (Lipinski definition) is 10. The molecule has 0 aliphatic rings. The molecule has 0 spiro atoms. The summed E-state index contributed by atoms with van der Waals surface area (Å²) in [5.41, 5.74) is 11.1. The molecule has 0 atom stereocenters. The van der Waals surface area contributed by atoms with E-state index in [-0.39, 0.29) is 18.0 Å². The number of nitrogen functional groups attached to an aromatic ring is 1. The second-order valence-corrected chi connectivity index (χ2v) is 9.74. The van der Waals surface area contributed by atoms with E-state index in [1.54, 1.807) is 12.1 Å². The number of aliphatic hydroxyl groups is 1. The summed E-state index contributed by atoms with van der Waals surface area (Å²) in [6.07, 6.45) is 1.40. The van der Waals surface area contributed by atoms with Crippen molar-refractivity contribution < 1.29 is 5.11 Å². The molecule has 182 valence electrons. The molecule has 0 saturated carbocycles. The highest BCUT2D eigenvalue weighted by atomic mass is 32.2. The summed E-state index contributed by atoms with van der Waals surface area (Å²) in [7, 11) is 0. The zero-order valence-corrected chi connectivity index (χ0v) is 21.2. The minimum atomic E-state index is 0.0739. The van der Waals surface area contributed by atoms with Gasteiger partial charge in [0.25, 0.3) is 0 Å². The fraction of sp³-hybridized carbons (Fsp3) is 0.148. The van der Waals surface area contributed by atoms with Gasteiger partial charge >= 0.3 is 0 Å². The number of benzene rings is 2. The Morgan fingerprint density at radius 3 is 2.32 bits per heavy atom. The maximum absolute atomic E-state index is 10.0. The maximum atomic E-state index is 10.0. The van der Waals surface area contributed by atoms with Gasteiger partial charge in [-0.3, -0.25) is 0 Å². The molecule has 0 radical (unpaired) electrons. The molecule has 37 heavy (non-hydrogen) atoms. The summed E-state index contributed by atoms with van der Waals surface area (Å²) in [5.74, 6) is 0.530. The van der Waals surface area contributed by atoms with Crippen molar-refractivity contribution in [2.24, 2.45) is 0 Å². The van der Waals surface area contributed by atoms with Crippen molar-refractivity contribution in [3.63, 3.8) is 0 Å². The van der Waals surface area contributed by atoms with Gasteiger partial charge in [-0.05, 0) is 48.2 Å². The molecule has 0 unspecified atom stereocenters. The van der Waals surface area contributed by atoms with Crippen molar-refractivity contribution in [2.75, 3.05) is 17.7 Å². The molecule has 0 bridgehead atoms. The van der Waals surface area contributed by atoms with E-state index in [0.717, 1.165) is 23.4 Å². The summed E-state index contributed by atoms with van der Waals surface area (Å²) in [5, 5.41) is 44.1. The van der Waals surface area contributed by atoms with Crippen LogP contribution in [0, 0.1) is 34.0 Å². The monoisotopic (exact) mass is 523 g/mol. The van der Waals surface area contributed by atoms with Gasteiger partial charge in [0.2, 0.25) is 0 Å². The number of anilines is 3. The topological polar surface area (TPSA) is 155 Å². The molecule has 4 N–H and O–H groups in total. The first-order valence-corrected chi connectivity index (χ1v) is 13.1. The van der Waals surface area contributed by atoms with E-state index in [9.17, 15) is 10.5 Å². The van der Waals surface area contributed by atoms with Gasteiger partial charge in [-0.25, -0.2) is 9.97 Å². The quantitative estimate of drug-likeness (QED) is 0.246. The molecular formula is C27H21N7OS2. The molecule has 0 aliphatic heterocycles. The molecule has 0 aliphatic carbocycles. The Morgan fingerprint density at radius 2 is 1.68 bits per heavy atom. The minimum absolute atomic E-state index is 0.0739. The van der Waals surface area contributed by atoms with Crippen molar-refractivity contribution >= 4 is 39.7 Å². The molecule has 0 fully saturated rings. The zero-order chi connectivity index (χ0) is 26.2. The number of aliphatic hydroxyl groups excluding tert-OH is 1. The number of thiazole rings is 1. The number of aromatic nitrogens is 2. The van der Waals surface area contributed by atoms with Crippen LogP contribution in [0.5, 0.6) is 0 Å². The summed E-state index contributed by atoms with van der Waals surface area (Å²) >= 11 is 2.78. The molecular weight excluding hydrogens is 502 g/mol. The van der Waals surface area contributed by atoms with Gasteiger partial charge in [0.05, 0.1) is 22.9 Å².